The molecule has 0 radical (unpaired) electrons. The van der Waals surface area contributed by atoms with E-state index in [0.717, 1.165) is 0 Å². The molecule has 0 bridgehead atoms. The molecule has 3 nitrogen and oxygen atoms in total. The Morgan fingerprint density at radius 3 is 2.76 bits per heavy atom. The van der Waals surface area contributed by atoms with Crippen molar-refractivity contribution in [3.63, 3.8) is 0 Å². The quantitative estimate of drug-likeness (QED) is 0.767. The molecular formula is C11H11ClF2O3. The third-order valence-electron chi connectivity index (χ3n) is 1.92. The van der Waals surface area contributed by atoms with E-state index in [2.05, 4.69) is 4.74 Å². The number of rotatable bonds is 5. The van der Waals surface area contributed by atoms with Gasteiger partial charge in [-0.3, -0.25) is 4.79 Å². The first-order chi connectivity index (χ1) is 8.04. The van der Waals surface area contributed by atoms with Crippen LogP contribution in [0.15, 0.2) is 18.2 Å². The van der Waals surface area contributed by atoms with Crippen LogP contribution < -0.4 is 4.74 Å². The van der Waals surface area contributed by atoms with Crippen molar-refractivity contribution in [1.29, 1.82) is 0 Å². The number of benzene rings is 1. The molecule has 0 saturated carbocycles. The Morgan fingerprint density at radius 1 is 1.47 bits per heavy atom. The molecule has 0 aliphatic heterocycles. The molecule has 6 heteroatoms. The van der Waals surface area contributed by atoms with Gasteiger partial charge in [0.2, 0.25) is 0 Å². The summed E-state index contributed by atoms with van der Waals surface area (Å²) in [7, 11) is 0. The zero-order valence-corrected chi connectivity index (χ0v) is 9.84. The van der Waals surface area contributed by atoms with Crippen molar-refractivity contribution in [3.8, 4) is 5.75 Å². The monoisotopic (exact) mass is 264 g/mol. The largest absolute Gasteiger partial charge is 0.466 e. The Kier molecular flexibility index (Phi) is 5.15. The van der Waals surface area contributed by atoms with Gasteiger partial charge in [-0.2, -0.15) is 8.78 Å². The Bertz CT molecular complexity index is 396. The topological polar surface area (TPSA) is 35.5 Å². The predicted molar refractivity (Wildman–Crippen MR) is 58.4 cm³/mol. The van der Waals surface area contributed by atoms with Crippen LogP contribution in [0, 0.1) is 0 Å². The number of halogens is 3. The number of hydrogen-bond donors (Lipinski definition) is 0. The number of ether oxygens (including phenoxy) is 2. The summed E-state index contributed by atoms with van der Waals surface area (Å²) in [6, 6.07) is 4.29. The first-order valence-corrected chi connectivity index (χ1v) is 5.30. The van der Waals surface area contributed by atoms with Crippen LogP contribution in [0.1, 0.15) is 12.5 Å². The molecule has 0 unspecified atom stereocenters. The van der Waals surface area contributed by atoms with Crippen molar-refractivity contribution in [2.24, 2.45) is 0 Å². The van der Waals surface area contributed by atoms with Crippen LogP contribution in [0.3, 0.4) is 0 Å². The molecule has 0 atom stereocenters. The molecule has 0 aliphatic rings. The summed E-state index contributed by atoms with van der Waals surface area (Å²) < 4.78 is 33.3. The van der Waals surface area contributed by atoms with Gasteiger partial charge >= 0.3 is 12.6 Å². The van der Waals surface area contributed by atoms with Crippen LogP contribution in [0.2, 0.25) is 5.02 Å². The second-order valence-electron chi connectivity index (χ2n) is 3.08. The third-order valence-corrected chi connectivity index (χ3v) is 2.27. The maximum absolute atomic E-state index is 12.1. The predicted octanol–water partition coefficient (Wildman–Crippen LogP) is 3.05. The molecule has 17 heavy (non-hydrogen) atoms. The standard InChI is InChI=1S/C11H11ClF2O3/c1-2-16-10(15)6-7-8(12)4-3-5-9(7)17-11(13)14/h3-5,11H,2,6H2,1H3. The van der Waals surface area contributed by atoms with E-state index >= 15 is 0 Å². The first-order valence-electron chi connectivity index (χ1n) is 4.92. The Labute approximate surface area is 102 Å². The lowest BCUT2D eigenvalue weighted by atomic mass is 10.1. The molecule has 0 fully saturated rings. The van der Waals surface area contributed by atoms with Crippen molar-refractivity contribution >= 4 is 17.6 Å². The van der Waals surface area contributed by atoms with Gasteiger partial charge in [0.05, 0.1) is 13.0 Å². The van der Waals surface area contributed by atoms with Crippen molar-refractivity contribution in [2.75, 3.05) is 6.61 Å². The molecule has 94 valence electrons. The van der Waals surface area contributed by atoms with Gasteiger partial charge in [0.25, 0.3) is 0 Å². The van der Waals surface area contributed by atoms with Crippen LogP contribution in [0.25, 0.3) is 0 Å². The summed E-state index contributed by atoms with van der Waals surface area (Å²) in [5.74, 6) is -0.653. The minimum Gasteiger partial charge on any atom is -0.466 e. The zero-order chi connectivity index (χ0) is 12.8. The van der Waals surface area contributed by atoms with Crippen LogP contribution >= 0.6 is 11.6 Å². The van der Waals surface area contributed by atoms with E-state index < -0.39 is 12.6 Å². The number of carbonyl (C=O) groups excluding carboxylic acids is 1. The van der Waals surface area contributed by atoms with Crippen molar-refractivity contribution < 1.29 is 23.0 Å². The summed E-state index contributed by atoms with van der Waals surface area (Å²) in [6.45, 7) is -1.09. The van der Waals surface area contributed by atoms with E-state index in [-0.39, 0.29) is 29.4 Å². The fraction of sp³-hybridized carbons (Fsp3) is 0.364. The fourth-order valence-electron chi connectivity index (χ4n) is 1.27. The lowest BCUT2D eigenvalue weighted by molar-refractivity contribution is -0.142. The number of alkyl halides is 2. The molecule has 0 spiro atoms. The molecule has 0 heterocycles. The molecule has 0 aliphatic carbocycles. The van der Waals surface area contributed by atoms with E-state index in [0.29, 0.717) is 0 Å². The van der Waals surface area contributed by atoms with E-state index in [4.69, 9.17) is 16.3 Å². The Hall–Kier alpha value is -1.36. The Morgan fingerprint density at radius 2 is 2.18 bits per heavy atom. The van der Waals surface area contributed by atoms with Crippen LogP contribution in [0.4, 0.5) is 8.78 Å². The van der Waals surface area contributed by atoms with E-state index in [1.807, 2.05) is 0 Å². The fourth-order valence-corrected chi connectivity index (χ4v) is 1.51. The summed E-state index contributed by atoms with van der Waals surface area (Å²) in [5, 5.41) is 0.191. The minimum absolute atomic E-state index is 0.111. The van der Waals surface area contributed by atoms with Crippen LogP contribution in [-0.4, -0.2) is 19.2 Å². The van der Waals surface area contributed by atoms with Gasteiger partial charge in [0.15, 0.2) is 0 Å². The summed E-state index contributed by atoms with van der Waals surface area (Å²) >= 11 is 5.82. The lowest BCUT2D eigenvalue weighted by Crippen LogP contribution is -2.11. The summed E-state index contributed by atoms with van der Waals surface area (Å²) in [6.07, 6.45) is -0.199. The molecule has 0 aromatic heterocycles. The maximum Gasteiger partial charge on any atom is 0.387 e. The molecule has 0 amide bonds. The molecule has 1 aromatic carbocycles. The lowest BCUT2D eigenvalue weighted by Gasteiger charge is -2.11. The number of hydrogen-bond acceptors (Lipinski definition) is 3. The van der Waals surface area contributed by atoms with Gasteiger partial charge < -0.3 is 9.47 Å². The smallest absolute Gasteiger partial charge is 0.387 e. The maximum atomic E-state index is 12.1. The molecule has 1 rings (SSSR count). The summed E-state index contributed by atoms with van der Waals surface area (Å²) in [4.78, 5) is 11.3. The highest BCUT2D eigenvalue weighted by atomic mass is 35.5. The highest BCUT2D eigenvalue weighted by Gasteiger charge is 2.16. The van der Waals surface area contributed by atoms with E-state index in [9.17, 15) is 13.6 Å². The van der Waals surface area contributed by atoms with Gasteiger partial charge in [-0.1, -0.05) is 17.7 Å². The highest BCUT2D eigenvalue weighted by molar-refractivity contribution is 6.31. The van der Waals surface area contributed by atoms with Gasteiger partial charge in [0.1, 0.15) is 5.75 Å². The van der Waals surface area contributed by atoms with Crippen molar-refractivity contribution in [3.05, 3.63) is 28.8 Å². The SMILES string of the molecule is CCOC(=O)Cc1c(Cl)cccc1OC(F)F. The minimum atomic E-state index is -2.96. The second-order valence-corrected chi connectivity index (χ2v) is 3.48. The van der Waals surface area contributed by atoms with Crippen LogP contribution in [0.5, 0.6) is 5.75 Å². The third kappa shape index (κ3) is 4.19. The van der Waals surface area contributed by atoms with Crippen molar-refractivity contribution in [1.82, 2.24) is 0 Å². The second kappa shape index (κ2) is 6.39. The first kappa shape index (κ1) is 13.7. The molecule has 0 N–H and O–H groups in total. The average molecular weight is 265 g/mol. The summed E-state index contributed by atoms with van der Waals surface area (Å²) in [5.41, 5.74) is 0.202. The van der Waals surface area contributed by atoms with Gasteiger partial charge in [0, 0.05) is 10.6 Å². The average Bonchev–Trinajstić information content (AvgIpc) is 2.23. The van der Waals surface area contributed by atoms with Crippen LogP contribution in [-0.2, 0) is 16.0 Å². The Balaban J connectivity index is 2.91. The van der Waals surface area contributed by atoms with E-state index in [1.54, 1.807) is 6.92 Å². The van der Waals surface area contributed by atoms with E-state index in [1.165, 1.54) is 18.2 Å². The zero-order valence-electron chi connectivity index (χ0n) is 9.08. The van der Waals surface area contributed by atoms with Gasteiger partial charge in [-0.25, -0.2) is 0 Å². The molecular weight excluding hydrogens is 254 g/mol. The molecule has 1 aromatic rings. The number of esters is 1. The van der Waals surface area contributed by atoms with Crippen molar-refractivity contribution in [2.45, 2.75) is 20.0 Å². The van der Waals surface area contributed by atoms with Gasteiger partial charge in [-0.15, -0.1) is 0 Å². The molecule has 0 saturated heterocycles. The normalized spacial score (nSPS) is 10.4. The number of carbonyl (C=O) groups is 1. The van der Waals surface area contributed by atoms with Gasteiger partial charge in [-0.05, 0) is 19.1 Å². The highest BCUT2D eigenvalue weighted by Crippen LogP contribution is 2.28.